The van der Waals surface area contributed by atoms with Crippen LogP contribution >= 0.6 is 23.2 Å². The van der Waals surface area contributed by atoms with E-state index in [0.29, 0.717) is 33.9 Å². The summed E-state index contributed by atoms with van der Waals surface area (Å²) in [6, 6.07) is 11.9. The first-order valence-corrected chi connectivity index (χ1v) is 7.72. The van der Waals surface area contributed by atoms with Crippen LogP contribution in [-0.4, -0.2) is 4.92 Å². The number of benzene rings is 1. The molecule has 0 spiro atoms. The second-order valence-corrected chi connectivity index (χ2v) is 5.80. The first-order chi connectivity index (χ1) is 11.5. The molecule has 2 heterocycles. The molecule has 0 aliphatic heterocycles. The fourth-order valence-electron chi connectivity index (χ4n) is 2.13. The van der Waals surface area contributed by atoms with Gasteiger partial charge in [0.25, 0.3) is 5.82 Å². The van der Waals surface area contributed by atoms with E-state index >= 15 is 0 Å². The lowest BCUT2D eigenvalue weighted by molar-refractivity contribution is -0.413. The molecule has 0 bridgehead atoms. The highest BCUT2D eigenvalue weighted by molar-refractivity contribution is 6.36. The molecule has 0 amide bonds. The fraction of sp³-hybridized carbons (Fsp3) is 0.0625. The van der Waals surface area contributed by atoms with E-state index in [-0.39, 0.29) is 5.69 Å². The minimum atomic E-state index is -0.463. The number of aromatic nitrogens is 1. The molecule has 0 radical (unpaired) electrons. The number of hydrogen-bond acceptors (Lipinski definition) is 4. The van der Waals surface area contributed by atoms with E-state index in [1.54, 1.807) is 24.3 Å². The summed E-state index contributed by atoms with van der Waals surface area (Å²) in [6.07, 6.45) is 1.32. The summed E-state index contributed by atoms with van der Waals surface area (Å²) in [6.45, 7) is 0.416. The van der Waals surface area contributed by atoms with Gasteiger partial charge in [-0.3, -0.25) is 15.4 Å². The summed E-state index contributed by atoms with van der Waals surface area (Å²) in [4.78, 5) is 13.0. The third-order valence-electron chi connectivity index (χ3n) is 3.32. The molecule has 24 heavy (non-hydrogen) atoms. The van der Waals surface area contributed by atoms with E-state index < -0.39 is 4.92 Å². The molecule has 2 N–H and O–H groups in total. The molecule has 0 atom stereocenters. The molecule has 3 aromatic rings. The number of nitro groups is 1. The normalized spacial score (nSPS) is 10.6. The van der Waals surface area contributed by atoms with Gasteiger partial charge in [0.2, 0.25) is 0 Å². The number of anilines is 1. The molecule has 0 fully saturated rings. The van der Waals surface area contributed by atoms with Crippen molar-refractivity contribution in [3.8, 4) is 11.3 Å². The number of pyridine rings is 1. The van der Waals surface area contributed by atoms with E-state index in [1.807, 2.05) is 12.1 Å². The van der Waals surface area contributed by atoms with E-state index in [1.165, 1.54) is 12.3 Å². The molecule has 3 rings (SSSR count). The minimum Gasteiger partial charge on any atom is -0.457 e. The molecule has 0 aliphatic carbocycles. The van der Waals surface area contributed by atoms with Crippen molar-refractivity contribution in [3.63, 3.8) is 0 Å². The van der Waals surface area contributed by atoms with Crippen LogP contribution in [0.5, 0.6) is 0 Å². The number of rotatable bonds is 5. The average molecular weight is 365 g/mol. The largest absolute Gasteiger partial charge is 0.457 e. The molecule has 122 valence electrons. The summed E-state index contributed by atoms with van der Waals surface area (Å²) in [5.74, 6) is 1.98. The van der Waals surface area contributed by atoms with Gasteiger partial charge in [-0.15, -0.1) is 0 Å². The van der Waals surface area contributed by atoms with Crippen LogP contribution in [0.4, 0.5) is 11.5 Å². The second-order valence-electron chi connectivity index (χ2n) is 4.96. The van der Waals surface area contributed by atoms with Crippen LogP contribution in [0.1, 0.15) is 5.76 Å². The molecule has 0 aliphatic rings. The predicted octanol–water partition coefficient (Wildman–Crippen LogP) is 4.59. The van der Waals surface area contributed by atoms with Crippen molar-refractivity contribution >= 4 is 34.7 Å². The highest BCUT2D eigenvalue weighted by Gasteiger charge is 2.12. The Kier molecular flexibility index (Phi) is 4.69. The van der Waals surface area contributed by atoms with Crippen molar-refractivity contribution in [3.05, 3.63) is 74.6 Å². The van der Waals surface area contributed by atoms with Crippen LogP contribution in [-0.2, 0) is 6.54 Å². The van der Waals surface area contributed by atoms with Crippen molar-refractivity contribution in [1.82, 2.24) is 0 Å². The van der Waals surface area contributed by atoms with Gasteiger partial charge in [0.15, 0.2) is 6.20 Å². The number of aromatic amines is 1. The quantitative estimate of drug-likeness (QED) is 0.530. The average Bonchev–Trinajstić information content (AvgIpc) is 3.02. The van der Waals surface area contributed by atoms with Crippen LogP contribution in [0.2, 0.25) is 10.0 Å². The van der Waals surface area contributed by atoms with Gasteiger partial charge in [0, 0.05) is 22.7 Å². The Morgan fingerprint density at radius 1 is 1.17 bits per heavy atom. The Morgan fingerprint density at radius 2 is 2.00 bits per heavy atom. The number of nitrogens with one attached hydrogen (secondary N) is 2. The standard InChI is InChI=1S/C16H11Cl2N3O3/c17-10-1-4-13(14(18)7-10)15-5-3-12(24-15)9-20-16-6-2-11(8-19-16)21(22)23/h1-8H,9H2,(H,19,20)/p+1. The van der Waals surface area contributed by atoms with E-state index in [0.717, 1.165) is 5.56 Å². The molecule has 0 saturated heterocycles. The maximum atomic E-state index is 10.6. The summed E-state index contributed by atoms with van der Waals surface area (Å²) in [5, 5.41) is 14.8. The maximum absolute atomic E-state index is 10.6. The van der Waals surface area contributed by atoms with Gasteiger partial charge in [0.05, 0.1) is 9.95 Å². The maximum Gasteiger partial charge on any atom is 0.308 e. The van der Waals surface area contributed by atoms with Gasteiger partial charge in [0.1, 0.15) is 18.1 Å². The fourth-order valence-corrected chi connectivity index (χ4v) is 2.63. The topological polar surface area (TPSA) is 82.5 Å². The predicted molar refractivity (Wildman–Crippen MR) is 91.1 cm³/mol. The summed E-state index contributed by atoms with van der Waals surface area (Å²) >= 11 is 12.1. The lowest BCUT2D eigenvalue weighted by Gasteiger charge is -2.01. The number of nitrogens with zero attached hydrogens (tertiary/aromatic N) is 1. The molecule has 0 saturated carbocycles. The zero-order chi connectivity index (χ0) is 17.1. The van der Waals surface area contributed by atoms with Crippen LogP contribution in [0.15, 0.2) is 53.1 Å². The molecule has 1 aromatic carbocycles. The molecule has 0 unspecified atom stereocenters. The van der Waals surface area contributed by atoms with Gasteiger partial charge in [-0.2, -0.15) is 0 Å². The number of H-pyrrole nitrogens is 1. The lowest BCUT2D eigenvalue weighted by atomic mass is 10.2. The zero-order valence-electron chi connectivity index (χ0n) is 12.3. The van der Waals surface area contributed by atoms with Crippen molar-refractivity contribution < 1.29 is 14.3 Å². The zero-order valence-corrected chi connectivity index (χ0v) is 13.8. The summed E-state index contributed by atoms with van der Waals surface area (Å²) < 4.78 is 5.76. The Bertz CT molecular complexity index is 879. The first-order valence-electron chi connectivity index (χ1n) is 6.97. The van der Waals surface area contributed by atoms with Crippen LogP contribution < -0.4 is 10.3 Å². The van der Waals surface area contributed by atoms with E-state index in [4.69, 9.17) is 27.6 Å². The smallest absolute Gasteiger partial charge is 0.308 e. The SMILES string of the molecule is O=[N+]([O-])c1ccc(NCc2ccc(-c3ccc(Cl)cc3Cl)o2)[nH+]c1. The first kappa shape index (κ1) is 16.3. The highest BCUT2D eigenvalue weighted by atomic mass is 35.5. The highest BCUT2D eigenvalue weighted by Crippen LogP contribution is 2.31. The third kappa shape index (κ3) is 3.67. The van der Waals surface area contributed by atoms with Crippen LogP contribution in [0.3, 0.4) is 0 Å². The van der Waals surface area contributed by atoms with E-state index in [2.05, 4.69) is 10.3 Å². The van der Waals surface area contributed by atoms with E-state index in [9.17, 15) is 10.1 Å². The summed E-state index contributed by atoms with van der Waals surface area (Å²) in [7, 11) is 0. The van der Waals surface area contributed by atoms with Gasteiger partial charge >= 0.3 is 5.69 Å². The molecular formula is C16H12Cl2N3O3+. The van der Waals surface area contributed by atoms with Crippen molar-refractivity contribution in [2.45, 2.75) is 6.54 Å². The molecule has 2 aromatic heterocycles. The number of halogens is 2. The van der Waals surface area contributed by atoms with Gasteiger partial charge < -0.3 is 4.42 Å². The molecular weight excluding hydrogens is 353 g/mol. The Balaban J connectivity index is 1.69. The minimum absolute atomic E-state index is 0.00165. The van der Waals surface area contributed by atoms with Gasteiger partial charge in [-0.25, -0.2) is 4.98 Å². The van der Waals surface area contributed by atoms with Crippen molar-refractivity contribution in [2.24, 2.45) is 0 Å². The summed E-state index contributed by atoms with van der Waals surface area (Å²) in [5.41, 5.74) is 0.757. The van der Waals surface area contributed by atoms with Crippen molar-refractivity contribution in [2.75, 3.05) is 5.32 Å². The second kappa shape index (κ2) is 6.90. The van der Waals surface area contributed by atoms with Gasteiger partial charge in [-0.05, 0) is 30.3 Å². The lowest BCUT2D eigenvalue weighted by Crippen LogP contribution is -2.12. The Hall–Kier alpha value is -2.57. The Labute approximate surface area is 147 Å². The van der Waals surface area contributed by atoms with Crippen molar-refractivity contribution in [1.29, 1.82) is 0 Å². The Morgan fingerprint density at radius 3 is 2.67 bits per heavy atom. The van der Waals surface area contributed by atoms with Gasteiger partial charge in [-0.1, -0.05) is 23.2 Å². The molecule has 6 nitrogen and oxygen atoms in total. The number of furan rings is 1. The molecule has 8 heteroatoms. The van der Waals surface area contributed by atoms with Crippen LogP contribution in [0, 0.1) is 10.1 Å². The number of hydrogen-bond donors (Lipinski definition) is 1. The monoisotopic (exact) mass is 364 g/mol. The third-order valence-corrected chi connectivity index (χ3v) is 3.87. The van der Waals surface area contributed by atoms with Crippen LogP contribution in [0.25, 0.3) is 11.3 Å².